The summed E-state index contributed by atoms with van der Waals surface area (Å²) < 4.78 is 0. The number of hydrogen-bond acceptors (Lipinski definition) is 2. The van der Waals surface area contributed by atoms with Gasteiger partial charge >= 0.3 is 0 Å². The average molecular weight is 283 g/mol. The van der Waals surface area contributed by atoms with E-state index in [0.29, 0.717) is 16.4 Å². The Hall–Kier alpha value is -0.630. The minimum Gasteiger partial charge on any atom is -0.344 e. The van der Waals surface area contributed by atoms with E-state index >= 15 is 0 Å². The number of nitrogens with zero attached hydrogens (tertiary/aromatic N) is 1. The highest BCUT2D eigenvalue weighted by atomic mass is 35.5. The van der Waals surface area contributed by atoms with Crippen LogP contribution in [0.1, 0.15) is 10.4 Å². The van der Waals surface area contributed by atoms with E-state index in [-0.39, 0.29) is 13.8 Å². The Morgan fingerprint density at radius 2 is 1.94 bits per heavy atom. The van der Waals surface area contributed by atoms with Gasteiger partial charge in [0.2, 0.25) is 0 Å². The van der Waals surface area contributed by atoms with Gasteiger partial charge in [-0.05, 0) is 36.6 Å². The maximum Gasteiger partial charge on any atom is 0.251 e. The quantitative estimate of drug-likeness (QED) is 0.844. The normalized spacial score (nSPS) is 30.2. The maximum atomic E-state index is 12.1. The number of fused-ring (bicyclic) bond motifs is 3. The van der Waals surface area contributed by atoms with Gasteiger partial charge in [-0.15, -0.1) is 0 Å². The molecule has 0 saturated carbocycles. The van der Waals surface area contributed by atoms with Crippen LogP contribution >= 0.6 is 19.5 Å². The summed E-state index contributed by atoms with van der Waals surface area (Å²) in [6.45, 7) is 3.48. The minimum atomic E-state index is 0.00425. The average Bonchev–Trinajstić information content (AvgIpc) is 2.41. The molecular formula is C13H16ClN2OP. The van der Waals surface area contributed by atoms with Crippen molar-refractivity contribution in [1.82, 2.24) is 10.2 Å². The molecule has 1 aromatic carbocycles. The molecule has 0 aromatic heterocycles. The van der Waals surface area contributed by atoms with Crippen LogP contribution in [0.4, 0.5) is 0 Å². The fourth-order valence-electron chi connectivity index (χ4n) is 2.59. The van der Waals surface area contributed by atoms with Gasteiger partial charge in [-0.3, -0.25) is 4.79 Å². The van der Waals surface area contributed by atoms with Crippen LogP contribution < -0.4 is 5.32 Å². The first-order valence-electron chi connectivity index (χ1n) is 6.25. The molecule has 1 N–H and O–H groups in total. The number of hydrogen-bond donors (Lipinski definition) is 1. The number of halogens is 1. The van der Waals surface area contributed by atoms with Crippen molar-refractivity contribution in [3.8, 4) is 0 Å². The Morgan fingerprint density at radius 3 is 2.50 bits per heavy atom. The first-order chi connectivity index (χ1) is 8.72. The molecule has 3 saturated heterocycles. The summed E-state index contributed by atoms with van der Waals surface area (Å²) >= 11 is 5.82. The van der Waals surface area contributed by atoms with E-state index in [1.807, 2.05) is 0 Å². The van der Waals surface area contributed by atoms with Gasteiger partial charge in [-0.25, -0.2) is 0 Å². The molecule has 3 heterocycles. The highest BCUT2D eigenvalue weighted by Crippen LogP contribution is 2.46. The first-order valence-corrected chi connectivity index (χ1v) is 8.41. The summed E-state index contributed by atoms with van der Waals surface area (Å²) in [6, 6.07) is 7.09. The van der Waals surface area contributed by atoms with E-state index in [0.717, 1.165) is 6.54 Å². The van der Waals surface area contributed by atoms with Gasteiger partial charge in [0.25, 0.3) is 5.91 Å². The van der Waals surface area contributed by atoms with Crippen molar-refractivity contribution in [2.24, 2.45) is 0 Å². The molecule has 18 heavy (non-hydrogen) atoms. The molecule has 1 aromatic rings. The third kappa shape index (κ3) is 2.54. The van der Waals surface area contributed by atoms with Crippen LogP contribution in [0, 0.1) is 0 Å². The summed E-state index contributed by atoms with van der Waals surface area (Å²) in [7, 11) is 0.00425. The molecule has 3 aliphatic rings. The van der Waals surface area contributed by atoms with E-state index in [9.17, 15) is 4.79 Å². The molecule has 96 valence electrons. The highest BCUT2D eigenvalue weighted by molar-refractivity contribution is 7.58. The molecule has 0 radical (unpaired) electrons. The van der Waals surface area contributed by atoms with Crippen LogP contribution in [0.2, 0.25) is 5.02 Å². The molecule has 4 rings (SSSR count). The summed E-state index contributed by atoms with van der Waals surface area (Å²) in [6.07, 6.45) is 2.56. The van der Waals surface area contributed by atoms with E-state index in [4.69, 9.17) is 11.6 Å². The maximum absolute atomic E-state index is 12.1. The number of amides is 1. The third-order valence-corrected chi connectivity index (χ3v) is 6.66. The predicted octanol–water partition coefficient (Wildman–Crippen LogP) is 2.21. The second-order valence-electron chi connectivity index (χ2n) is 4.83. The molecule has 5 heteroatoms. The number of carbonyl (C=O) groups excluding carboxylic acids is 1. The molecule has 1 amide bonds. The second kappa shape index (κ2) is 5.16. The lowest BCUT2D eigenvalue weighted by Crippen LogP contribution is -2.53. The zero-order valence-electron chi connectivity index (χ0n) is 10.1. The van der Waals surface area contributed by atoms with E-state index in [1.54, 1.807) is 24.3 Å². The van der Waals surface area contributed by atoms with Crippen LogP contribution in [-0.4, -0.2) is 48.5 Å². The molecular weight excluding hydrogens is 267 g/mol. The summed E-state index contributed by atoms with van der Waals surface area (Å²) in [5, 5.41) is 3.86. The van der Waals surface area contributed by atoms with Crippen molar-refractivity contribution in [3.05, 3.63) is 34.9 Å². The molecule has 3 fully saturated rings. The predicted molar refractivity (Wildman–Crippen MR) is 75.8 cm³/mol. The SMILES string of the molecule is O=C(NC1CN2CCP1CC2)c1ccc(Cl)cc1. The highest BCUT2D eigenvalue weighted by Gasteiger charge is 2.34. The monoisotopic (exact) mass is 282 g/mol. The van der Waals surface area contributed by atoms with E-state index in [1.165, 1.54) is 25.4 Å². The lowest BCUT2D eigenvalue weighted by atomic mass is 10.2. The van der Waals surface area contributed by atoms with Gasteiger partial charge < -0.3 is 10.2 Å². The molecule has 3 nitrogen and oxygen atoms in total. The van der Waals surface area contributed by atoms with Crippen LogP contribution in [0.25, 0.3) is 0 Å². The summed E-state index contributed by atoms with van der Waals surface area (Å²) in [4.78, 5) is 14.6. The molecule has 0 spiro atoms. The largest absolute Gasteiger partial charge is 0.344 e. The number of carbonyl (C=O) groups is 1. The van der Waals surface area contributed by atoms with Crippen molar-refractivity contribution in [2.45, 2.75) is 5.78 Å². The lowest BCUT2D eigenvalue weighted by molar-refractivity contribution is 0.0938. The van der Waals surface area contributed by atoms with Crippen molar-refractivity contribution in [3.63, 3.8) is 0 Å². The van der Waals surface area contributed by atoms with Gasteiger partial charge in [-0.1, -0.05) is 19.5 Å². The van der Waals surface area contributed by atoms with Crippen LogP contribution in [0.5, 0.6) is 0 Å². The Balaban J connectivity index is 1.66. The van der Waals surface area contributed by atoms with Crippen molar-refractivity contribution < 1.29 is 4.79 Å². The molecule has 0 aliphatic carbocycles. The Bertz CT molecular complexity index is 443. The molecule has 1 unspecified atom stereocenters. The van der Waals surface area contributed by atoms with Crippen LogP contribution in [0.15, 0.2) is 24.3 Å². The Kier molecular flexibility index (Phi) is 3.56. The number of nitrogens with one attached hydrogen (secondary N) is 1. The molecule has 2 bridgehead atoms. The van der Waals surface area contributed by atoms with Gasteiger partial charge in [0.1, 0.15) is 0 Å². The second-order valence-corrected chi connectivity index (χ2v) is 7.96. The van der Waals surface area contributed by atoms with Gasteiger partial charge in [-0.2, -0.15) is 0 Å². The standard InChI is InChI=1S/C13H16ClN2OP/c14-11-3-1-10(2-4-11)13(17)15-12-9-16-5-7-18(12)8-6-16/h1-4,12H,5-9H2,(H,15,17). The Morgan fingerprint density at radius 1 is 1.28 bits per heavy atom. The van der Waals surface area contributed by atoms with Crippen molar-refractivity contribution in [1.29, 1.82) is 0 Å². The number of benzene rings is 1. The summed E-state index contributed by atoms with van der Waals surface area (Å²) in [5.74, 6) is 0.415. The zero-order chi connectivity index (χ0) is 12.5. The van der Waals surface area contributed by atoms with Gasteiger partial charge in [0.05, 0.1) is 5.78 Å². The smallest absolute Gasteiger partial charge is 0.251 e. The van der Waals surface area contributed by atoms with Crippen molar-refractivity contribution >= 4 is 25.4 Å². The Labute approximate surface area is 113 Å². The number of rotatable bonds is 2. The topological polar surface area (TPSA) is 32.3 Å². The molecule has 3 aliphatic heterocycles. The van der Waals surface area contributed by atoms with Gasteiger partial charge in [0.15, 0.2) is 0 Å². The molecule has 1 atom stereocenters. The van der Waals surface area contributed by atoms with E-state index in [2.05, 4.69) is 10.2 Å². The van der Waals surface area contributed by atoms with Crippen molar-refractivity contribution in [2.75, 3.05) is 32.0 Å². The summed E-state index contributed by atoms with van der Waals surface area (Å²) in [5.41, 5.74) is 0.701. The fraction of sp³-hybridized carbons (Fsp3) is 0.462. The van der Waals surface area contributed by atoms with Crippen LogP contribution in [-0.2, 0) is 0 Å². The third-order valence-electron chi connectivity index (χ3n) is 3.68. The minimum absolute atomic E-state index is 0.00425. The zero-order valence-corrected chi connectivity index (χ0v) is 11.8. The fourth-order valence-corrected chi connectivity index (χ4v) is 5.40. The first kappa shape index (κ1) is 12.4. The van der Waals surface area contributed by atoms with Crippen LogP contribution in [0.3, 0.4) is 0 Å². The lowest BCUT2D eigenvalue weighted by Gasteiger charge is -2.45. The van der Waals surface area contributed by atoms with E-state index < -0.39 is 0 Å². The van der Waals surface area contributed by atoms with Gasteiger partial charge in [0, 0.05) is 30.2 Å².